The number of nitrogens with one attached hydrogen (secondary N) is 1. The fourth-order valence-corrected chi connectivity index (χ4v) is 4.38. The summed E-state index contributed by atoms with van der Waals surface area (Å²) in [6, 6.07) is 24.8. The van der Waals surface area contributed by atoms with Crippen LogP contribution in [-0.4, -0.2) is 27.0 Å². The molecule has 1 aromatic heterocycles. The standard InChI is InChI=1S/C29H28N4O3/c1-3-9-27-26(29(35)33(20(2)31-27)23-10-5-4-6-11-23)18-21-14-16-22(17-15-21)24-12-7-8-13-25(24)28(32-36)30-19-34/h4-8,10-17,19,36H,3,9,18H2,1-2H3,(H,30,32,34). The highest BCUT2D eigenvalue weighted by molar-refractivity contribution is 6.08. The molecule has 0 atom stereocenters. The Morgan fingerprint density at radius 1 is 1.03 bits per heavy atom. The van der Waals surface area contributed by atoms with Crippen molar-refractivity contribution in [1.29, 1.82) is 0 Å². The molecule has 0 aliphatic carbocycles. The number of hydrogen-bond acceptors (Lipinski definition) is 5. The van der Waals surface area contributed by atoms with Crippen molar-refractivity contribution in [2.24, 2.45) is 5.16 Å². The van der Waals surface area contributed by atoms with Crippen LogP contribution in [0.25, 0.3) is 16.8 Å². The Balaban J connectivity index is 1.72. The molecule has 0 aliphatic heterocycles. The van der Waals surface area contributed by atoms with Crippen molar-refractivity contribution in [3.63, 3.8) is 0 Å². The molecule has 0 unspecified atom stereocenters. The lowest BCUT2D eigenvalue weighted by molar-refractivity contribution is -0.108. The lowest BCUT2D eigenvalue weighted by Gasteiger charge is -2.16. The largest absolute Gasteiger partial charge is 0.409 e. The van der Waals surface area contributed by atoms with Crippen LogP contribution in [-0.2, 0) is 17.6 Å². The molecule has 3 aromatic carbocycles. The smallest absolute Gasteiger partial charge is 0.261 e. The maximum absolute atomic E-state index is 13.6. The second kappa shape index (κ2) is 11.3. The Hall–Kier alpha value is -4.52. The summed E-state index contributed by atoms with van der Waals surface area (Å²) in [6.07, 6.45) is 2.57. The van der Waals surface area contributed by atoms with Gasteiger partial charge in [-0.15, -0.1) is 0 Å². The lowest BCUT2D eigenvalue weighted by atomic mass is 9.96. The van der Waals surface area contributed by atoms with Crippen molar-refractivity contribution in [2.75, 3.05) is 0 Å². The molecule has 0 fully saturated rings. The SMILES string of the molecule is CCCc1nc(C)n(-c2ccccc2)c(=O)c1Cc1ccc(-c2ccccc2/C(=N/O)NC=O)cc1. The third kappa shape index (κ3) is 5.10. The van der Waals surface area contributed by atoms with E-state index in [1.165, 1.54) is 0 Å². The normalized spacial score (nSPS) is 11.3. The first-order valence-electron chi connectivity index (χ1n) is 11.8. The van der Waals surface area contributed by atoms with Gasteiger partial charge in [-0.2, -0.15) is 0 Å². The van der Waals surface area contributed by atoms with Crippen LogP contribution in [0.4, 0.5) is 0 Å². The Morgan fingerprint density at radius 3 is 2.39 bits per heavy atom. The first-order valence-corrected chi connectivity index (χ1v) is 11.8. The molecule has 7 nitrogen and oxygen atoms in total. The summed E-state index contributed by atoms with van der Waals surface area (Å²) in [6.45, 7) is 3.95. The summed E-state index contributed by atoms with van der Waals surface area (Å²) in [7, 11) is 0. The number of amides is 1. The van der Waals surface area contributed by atoms with Gasteiger partial charge < -0.3 is 10.5 Å². The Morgan fingerprint density at radius 2 is 1.72 bits per heavy atom. The fourth-order valence-electron chi connectivity index (χ4n) is 4.38. The van der Waals surface area contributed by atoms with Gasteiger partial charge in [0, 0.05) is 17.5 Å². The van der Waals surface area contributed by atoms with Gasteiger partial charge in [-0.25, -0.2) is 4.98 Å². The predicted molar refractivity (Wildman–Crippen MR) is 141 cm³/mol. The van der Waals surface area contributed by atoms with Crippen LogP contribution in [0, 0.1) is 6.92 Å². The zero-order valence-electron chi connectivity index (χ0n) is 20.3. The Labute approximate surface area is 209 Å². The molecular formula is C29H28N4O3. The molecule has 2 N–H and O–H groups in total. The summed E-state index contributed by atoms with van der Waals surface area (Å²) in [5.74, 6) is 0.747. The zero-order valence-corrected chi connectivity index (χ0v) is 20.3. The van der Waals surface area contributed by atoms with E-state index in [0.29, 0.717) is 29.8 Å². The van der Waals surface area contributed by atoms with Crippen LogP contribution < -0.4 is 10.9 Å². The lowest BCUT2D eigenvalue weighted by Crippen LogP contribution is -2.28. The van der Waals surface area contributed by atoms with E-state index in [-0.39, 0.29) is 11.4 Å². The maximum atomic E-state index is 13.6. The molecular weight excluding hydrogens is 452 g/mol. The fraction of sp³-hybridized carbons (Fsp3) is 0.172. The number of benzene rings is 3. The van der Waals surface area contributed by atoms with Crippen molar-refractivity contribution in [1.82, 2.24) is 14.9 Å². The van der Waals surface area contributed by atoms with Crippen LogP contribution >= 0.6 is 0 Å². The second-order valence-electron chi connectivity index (χ2n) is 8.44. The van der Waals surface area contributed by atoms with Crippen molar-refractivity contribution < 1.29 is 10.0 Å². The number of para-hydroxylation sites is 1. The van der Waals surface area contributed by atoms with Gasteiger partial charge in [0.05, 0.1) is 11.4 Å². The zero-order chi connectivity index (χ0) is 25.5. The topological polar surface area (TPSA) is 96.6 Å². The third-order valence-corrected chi connectivity index (χ3v) is 6.05. The molecule has 4 rings (SSSR count). The number of hydrogen-bond donors (Lipinski definition) is 2. The molecule has 0 aliphatic rings. The number of oxime groups is 1. The summed E-state index contributed by atoms with van der Waals surface area (Å²) in [4.78, 5) is 29.4. The van der Waals surface area contributed by atoms with Gasteiger partial charge in [-0.3, -0.25) is 14.2 Å². The van der Waals surface area contributed by atoms with E-state index in [0.717, 1.165) is 40.9 Å². The predicted octanol–water partition coefficient (Wildman–Crippen LogP) is 4.63. The van der Waals surface area contributed by atoms with E-state index in [1.807, 2.05) is 79.7 Å². The molecule has 0 spiro atoms. The highest BCUT2D eigenvalue weighted by Gasteiger charge is 2.16. The quantitative estimate of drug-likeness (QED) is 0.126. The average molecular weight is 481 g/mol. The molecule has 0 saturated heterocycles. The van der Waals surface area contributed by atoms with Crippen LogP contribution in [0.15, 0.2) is 88.8 Å². The van der Waals surface area contributed by atoms with E-state index in [4.69, 9.17) is 4.98 Å². The Kier molecular flexibility index (Phi) is 7.70. The van der Waals surface area contributed by atoms with Gasteiger partial charge in [0.1, 0.15) is 5.82 Å². The van der Waals surface area contributed by atoms with Crippen LogP contribution in [0.1, 0.15) is 41.6 Å². The van der Waals surface area contributed by atoms with Gasteiger partial charge in [0.25, 0.3) is 5.56 Å². The monoisotopic (exact) mass is 480 g/mol. The van der Waals surface area contributed by atoms with Crippen molar-refractivity contribution >= 4 is 12.2 Å². The molecule has 1 amide bonds. The van der Waals surface area contributed by atoms with E-state index in [9.17, 15) is 14.8 Å². The van der Waals surface area contributed by atoms with E-state index < -0.39 is 0 Å². The van der Waals surface area contributed by atoms with Gasteiger partial charge in [-0.1, -0.05) is 85.2 Å². The first-order chi connectivity index (χ1) is 17.6. The highest BCUT2D eigenvalue weighted by atomic mass is 16.4. The summed E-state index contributed by atoms with van der Waals surface area (Å²) in [5, 5.41) is 15.0. The van der Waals surface area contributed by atoms with E-state index >= 15 is 0 Å². The number of aromatic nitrogens is 2. The number of carbonyl (C=O) groups excluding carboxylic acids is 1. The average Bonchev–Trinajstić information content (AvgIpc) is 2.91. The number of aryl methyl sites for hydroxylation is 2. The van der Waals surface area contributed by atoms with Crippen LogP contribution in [0.2, 0.25) is 0 Å². The number of carbonyl (C=O) groups is 1. The summed E-state index contributed by atoms with van der Waals surface area (Å²) < 4.78 is 1.68. The van der Waals surface area contributed by atoms with Crippen molar-refractivity contribution in [3.8, 4) is 16.8 Å². The van der Waals surface area contributed by atoms with Crippen LogP contribution in [0.3, 0.4) is 0 Å². The minimum Gasteiger partial charge on any atom is -0.409 e. The van der Waals surface area contributed by atoms with E-state index in [2.05, 4.69) is 17.4 Å². The molecule has 4 aromatic rings. The molecule has 182 valence electrons. The minimum absolute atomic E-state index is 0.0460. The second-order valence-corrected chi connectivity index (χ2v) is 8.44. The molecule has 0 saturated carbocycles. The molecule has 1 heterocycles. The maximum Gasteiger partial charge on any atom is 0.261 e. The Bertz CT molecular complexity index is 1440. The summed E-state index contributed by atoms with van der Waals surface area (Å²) in [5.41, 5.74) is 5.57. The van der Waals surface area contributed by atoms with Crippen molar-refractivity contribution in [2.45, 2.75) is 33.1 Å². The minimum atomic E-state index is -0.0460. The molecule has 36 heavy (non-hydrogen) atoms. The highest BCUT2D eigenvalue weighted by Crippen LogP contribution is 2.25. The molecule has 0 radical (unpaired) electrons. The number of rotatable bonds is 8. The van der Waals surface area contributed by atoms with Gasteiger partial charge in [0.2, 0.25) is 6.41 Å². The third-order valence-electron chi connectivity index (χ3n) is 6.05. The van der Waals surface area contributed by atoms with Gasteiger partial charge in [-0.05, 0) is 42.2 Å². The van der Waals surface area contributed by atoms with Crippen molar-refractivity contribution in [3.05, 3.63) is 117 Å². The van der Waals surface area contributed by atoms with Gasteiger partial charge in [0.15, 0.2) is 5.84 Å². The first kappa shape index (κ1) is 24.6. The molecule has 7 heteroatoms. The summed E-state index contributed by atoms with van der Waals surface area (Å²) >= 11 is 0. The van der Waals surface area contributed by atoms with Crippen LogP contribution in [0.5, 0.6) is 0 Å². The van der Waals surface area contributed by atoms with Gasteiger partial charge >= 0.3 is 0 Å². The van der Waals surface area contributed by atoms with E-state index in [1.54, 1.807) is 10.6 Å². The molecule has 0 bridgehead atoms. The number of amidine groups is 1. The number of nitrogens with zero attached hydrogens (tertiary/aromatic N) is 3.